The lowest BCUT2D eigenvalue weighted by Gasteiger charge is -2.11. The van der Waals surface area contributed by atoms with Crippen molar-refractivity contribution in [1.29, 1.82) is 0 Å². The summed E-state index contributed by atoms with van der Waals surface area (Å²) in [6, 6.07) is 14.8. The van der Waals surface area contributed by atoms with Crippen LogP contribution < -0.4 is 15.6 Å². The van der Waals surface area contributed by atoms with Gasteiger partial charge in [0.1, 0.15) is 17.1 Å². The number of hydrogen-bond acceptors (Lipinski definition) is 4. The highest BCUT2D eigenvalue weighted by molar-refractivity contribution is 6.33. The number of aromatic nitrogens is 1. The molecule has 2 aromatic heterocycles. The molecule has 2 aromatic carbocycles. The van der Waals surface area contributed by atoms with Crippen LogP contribution in [0.5, 0.6) is 5.75 Å². The summed E-state index contributed by atoms with van der Waals surface area (Å²) in [7, 11) is 1.59. The molecule has 0 fully saturated rings. The number of furan rings is 1. The molecule has 3 heterocycles. The van der Waals surface area contributed by atoms with Crippen molar-refractivity contribution in [1.82, 2.24) is 9.88 Å². The Bertz CT molecular complexity index is 1290. The third-order valence-corrected chi connectivity index (χ3v) is 5.69. The number of ether oxygens (including phenoxy) is 1. The summed E-state index contributed by atoms with van der Waals surface area (Å²) in [5.41, 5.74) is 4.22. The fourth-order valence-electron chi connectivity index (χ4n) is 3.87. The van der Waals surface area contributed by atoms with E-state index in [0.717, 1.165) is 53.1 Å². The molecule has 0 bridgehead atoms. The first-order chi connectivity index (χ1) is 14.1. The third kappa shape index (κ3) is 3.49. The van der Waals surface area contributed by atoms with E-state index in [0.29, 0.717) is 10.8 Å². The summed E-state index contributed by atoms with van der Waals surface area (Å²) in [5.74, 6) is 1.71. The molecule has 0 saturated carbocycles. The minimum atomic E-state index is -0.133. The van der Waals surface area contributed by atoms with Crippen molar-refractivity contribution in [3.8, 4) is 22.6 Å². The number of fused-ring (bicyclic) bond motifs is 3. The number of nitrogens with zero attached hydrogens (tertiary/aromatic N) is 1. The molecular formula is C23H20Cl2N2O3. The van der Waals surface area contributed by atoms with Gasteiger partial charge in [-0.15, -0.1) is 12.4 Å². The number of halogens is 2. The van der Waals surface area contributed by atoms with Gasteiger partial charge in [-0.05, 0) is 42.0 Å². The zero-order chi connectivity index (χ0) is 20.0. The first kappa shape index (κ1) is 20.5. The predicted molar refractivity (Wildman–Crippen MR) is 121 cm³/mol. The first-order valence-corrected chi connectivity index (χ1v) is 9.84. The van der Waals surface area contributed by atoms with E-state index in [-0.39, 0.29) is 18.0 Å². The van der Waals surface area contributed by atoms with E-state index in [1.807, 2.05) is 36.4 Å². The summed E-state index contributed by atoms with van der Waals surface area (Å²) >= 11 is 6.36. The molecule has 0 spiro atoms. The predicted octanol–water partition coefficient (Wildman–Crippen LogP) is 4.98. The van der Waals surface area contributed by atoms with Crippen LogP contribution in [0, 0.1) is 0 Å². The van der Waals surface area contributed by atoms with Crippen LogP contribution >= 0.6 is 24.0 Å². The number of pyridine rings is 1. The topological polar surface area (TPSA) is 56.4 Å². The van der Waals surface area contributed by atoms with Gasteiger partial charge in [-0.2, -0.15) is 0 Å². The van der Waals surface area contributed by atoms with Gasteiger partial charge in [0, 0.05) is 54.4 Å². The Morgan fingerprint density at radius 3 is 2.77 bits per heavy atom. The van der Waals surface area contributed by atoms with Gasteiger partial charge in [0.05, 0.1) is 17.8 Å². The molecule has 154 valence electrons. The molecular weight excluding hydrogens is 423 g/mol. The summed E-state index contributed by atoms with van der Waals surface area (Å²) in [5, 5.41) is 5.02. The summed E-state index contributed by atoms with van der Waals surface area (Å²) < 4.78 is 12.8. The SMILES string of the molecule is COc1ccc(-c2ccn(-c3ccc4c5c(oc4c3)CCNC5)c(=O)c2)c(Cl)c1.Cl. The van der Waals surface area contributed by atoms with E-state index in [4.69, 9.17) is 20.8 Å². The molecule has 1 aliphatic rings. The van der Waals surface area contributed by atoms with Gasteiger partial charge in [-0.25, -0.2) is 0 Å². The van der Waals surface area contributed by atoms with Crippen molar-refractivity contribution >= 4 is 35.0 Å². The van der Waals surface area contributed by atoms with Gasteiger partial charge in [-0.3, -0.25) is 9.36 Å². The molecule has 0 saturated heterocycles. The van der Waals surface area contributed by atoms with E-state index >= 15 is 0 Å². The fourth-order valence-corrected chi connectivity index (χ4v) is 4.15. The average Bonchev–Trinajstić information content (AvgIpc) is 3.11. The highest BCUT2D eigenvalue weighted by Crippen LogP contribution is 2.32. The van der Waals surface area contributed by atoms with Crippen LogP contribution in [0.2, 0.25) is 5.02 Å². The Morgan fingerprint density at radius 2 is 2.00 bits per heavy atom. The maximum Gasteiger partial charge on any atom is 0.255 e. The summed E-state index contributed by atoms with van der Waals surface area (Å²) in [6.45, 7) is 1.74. The normalized spacial score (nSPS) is 13.0. The Morgan fingerprint density at radius 1 is 1.13 bits per heavy atom. The smallest absolute Gasteiger partial charge is 0.255 e. The van der Waals surface area contributed by atoms with Gasteiger partial charge < -0.3 is 14.5 Å². The zero-order valence-corrected chi connectivity index (χ0v) is 17.8. The van der Waals surface area contributed by atoms with E-state index < -0.39 is 0 Å². The molecule has 7 heteroatoms. The van der Waals surface area contributed by atoms with Gasteiger partial charge in [-0.1, -0.05) is 11.6 Å². The molecule has 0 atom stereocenters. The standard InChI is InChI=1S/C23H19ClN2O3.ClH/c1-28-16-3-5-17(20(24)12-16)14-7-9-26(23(27)10-14)15-2-4-18-19-13-25-8-6-21(19)29-22(18)11-15;/h2-5,7,9-12,25H,6,8,13H2,1H3;1H. The molecule has 1 aliphatic heterocycles. The number of hydrogen-bond donors (Lipinski definition) is 1. The summed E-state index contributed by atoms with van der Waals surface area (Å²) in [4.78, 5) is 12.8. The average molecular weight is 443 g/mol. The fraction of sp³-hybridized carbons (Fsp3) is 0.174. The number of nitrogens with one attached hydrogen (secondary N) is 1. The summed E-state index contributed by atoms with van der Waals surface area (Å²) in [6.07, 6.45) is 2.65. The van der Waals surface area contributed by atoms with Crippen LogP contribution in [0.15, 0.2) is 63.9 Å². The first-order valence-electron chi connectivity index (χ1n) is 9.46. The van der Waals surface area contributed by atoms with Gasteiger partial charge in [0.15, 0.2) is 0 Å². The highest BCUT2D eigenvalue weighted by atomic mass is 35.5. The van der Waals surface area contributed by atoms with Crippen LogP contribution in [-0.4, -0.2) is 18.2 Å². The van der Waals surface area contributed by atoms with Crippen molar-refractivity contribution in [2.24, 2.45) is 0 Å². The lowest BCUT2D eigenvalue weighted by atomic mass is 10.1. The monoisotopic (exact) mass is 442 g/mol. The molecule has 1 N–H and O–H groups in total. The van der Waals surface area contributed by atoms with E-state index in [1.165, 1.54) is 5.56 Å². The third-order valence-electron chi connectivity index (χ3n) is 5.38. The zero-order valence-electron chi connectivity index (χ0n) is 16.3. The second-order valence-electron chi connectivity index (χ2n) is 7.08. The molecule has 4 aromatic rings. The van der Waals surface area contributed by atoms with Gasteiger partial charge >= 0.3 is 0 Å². The Balaban J connectivity index is 0.00000218. The second-order valence-corrected chi connectivity index (χ2v) is 7.49. The van der Waals surface area contributed by atoms with Crippen molar-refractivity contribution in [3.63, 3.8) is 0 Å². The maximum atomic E-state index is 12.8. The lowest BCUT2D eigenvalue weighted by molar-refractivity contribution is 0.415. The van der Waals surface area contributed by atoms with Crippen molar-refractivity contribution in [2.45, 2.75) is 13.0 Å². The quantitative estimate of drug-likeness (QED) is 0.485. The van der Waals surface area contributed by atoms with Crippen LogP contribution in [0.3, 0.4) is 0 Å². The minimum absolute atomic E-state index is 0. The molecule has 5 rings (SSSR count). The van der Waals surface area contributed by atoms with Crippen LogP contribution in [0.25, 0.3) is 27.8 Å². The highest BCUT2D eigenvalue weighted by Gasteiger charge is 2.18. The van der Waals surface area contributed by atoms with Crippen molar-refractivity contribution in [2.75, 3.05) is 13.7 Å². The van der Waals surface area contributed by atoms with E-state index in [2.05, 4.69) is 5.32 Å². The molecule has 30 heavy (non-hydrogen) atoms. The molecule has 5 nitrogen and oxygen atoms in total. The van der Waals surface area contributed by atoms with E-state index in [9.17, 15) is 4.79 Å². The van der Waals surface area contributed by atoms with Gasteiger partial charge in [0.25, 0.3) is 5.56 Å². The Hall–Kier alpha value is -2.73. The van der Waals surface area contributed by atoms with Crippen LogP contribution in [0.1, 0.15) is 11.3 Å². The molecule has 0 unspecified atom stereocenters. The molecule has 0 amide bonds. The largest absolute Gasteiger partial charge is 0.497 e. The van der Waals surface area contributed by atoms with Gasteiger partial charge in [0.2, 0.25) is 0 Å². The number of rotatable bonds is 3. The lowest BCUT2D eigenvalue weighted by Crippen LogP contribution is -2.22. The molecule has 0 aliphatic carbocycles. The van der Waals surface area contributed by atoms with Crippen LogP contribution in [-0.2, 0) is 13.0 Å². The van der Waals surface area contributed by atoms with Crippen LogP contribution in [0.4, 0.5) is 0 Å². The number of methoxy groups -OCH3 is 1. The molecule has 0 radical (unpaired) electrons. The maximum absolute atomic E-state index is 12.8. The number of benzene rings is 2. The van der Waals surface area contributed by atoms with E-state index in [1.54, 1.807) is 30.0 Å². The Kier molecular flexibility index (Phi) is 5.60. The van der Waals surface area contributed by atoms with Crippen molar-refractivity contribution in [3.05, 3.63) is 81.4 Å². The second kappa shape index (κ2) is 8.19. The van der Waals surface area contributed by atoms with Crippen molar-refractivity contribution < 1.29 is 9.15 Å². The minimum Gasteiger partial charge on any atom is -0.497 e. The Labute approximate surface area is 184 Å².